The molecule has 0 amide bonds. The normalized spacial score (nSPS) is 18.5. The lowest BCUT2D eigenvalue weighted by Crippen LogP contribution is -2.43. The number of ether oxygens (including phenoxy) is 2. The van der Waals surface area contributed by atoms with Gasteiger partial charge in [-0.3, -0.25) is 4.90 Å². The molecule has 1 aliphatic heterocycles. The van der Waals surface area contributed by atoms with Gasteiger partial charge in [-0.05, 0) is 57.0 Å². The first-order valence-electron chi connectivity index (χ1n) is 8.51. The number of nitrogens with zero attached hydrogens (tertiary/aromatic N) is 1. The van der Waals surface area contributed by atoms with Crippen LogP contribution in [0.25, 0.3) is 0 Å². The van der Waals surface area contributed by atoms with Crippen molar-refractivity contribution >= 4 is 0 Å². The van der Waals surface area contributed by atoms with E-state index in [-0.39, 0.29) is 0 Å². The second-order valence-electron chi connectivity index (χ2n) is 6.43. The average Bonchev–Trinajstić information content (AvgIpc) is 2.56. The van der Waals surface area contributed by atoms with Crippen molar-refractivity contribution in [2.24, 2.45) is 5.73 Å². The number of hydrogen-bond donors (Lipinski definition) is 1. The molecule has 2 rings (SSSR count). The molecule has 0 saturated carbocycles. The molecule has 0 bridgehead atoms. The third kappa shape index (κ3) is 5.26. The third-order valence-corrected chi connectivity index (χ3v) is 4.37. The van der Waals surface area contributed by atoms with Gasteiger partial charge in [0.05, 0.1) is 7.11 Å². The predicted octanol–water partition coefficient (Wildman–Crippen LogP) is 3.35. The molecule has 1 saturated heterocycles. The summed E-state index contributed by atoms with van der Waals surface area (Å²) in [5, 5.41) is 0. The van der Waals surface area contributed by atoms with E-state index in [1.54, 1.807) is 7.11 Å². The average molecular weight is 318 g/mol. The van der Waals surface area contributed by atoms with E-state index in [4.69, 9.17) is 15.2 Å². The molecule has 4 heteroatoms. The Bertz CT molecular complexity index is 524. The smallest absolute Gasteiger partial charge is 0.161 e. The lowest BCUT2D eigenvalue weighted by Gasteiger charge is -2.35. The highest BCUT2D eigenvalue weighted by molar-refractivity contribution is 5.43. The van der Waals surface area contributed by atoms with Gasteiger partial charge in [-0.1, -0.05) is 18.1 Å². The molecular formula is C19H30N2O2. The highest BCUT2D eigenvalue weighted by Crippen LogP contribution is 2.29. The molecule has 1 aliphatic rings. The van der Waals surface area contributed by atoms with Gasteiger partial charge in [0.1, 0.15) is 6.61 Å². The number of piperidine rings is 1. The van der Waals surface area contributed by atoms with E-state index in [0.29, 0.717) is 12.6 Å². The van der Waals surface area contributed by atoms with Crippen molar-refractivity contribution in [3.05, 3.63) is 35.4 Å². The lowest BCUT2D eigenvalue weighted by atomic mass is 10.0. The zero-order chi connectivity index (χ0) is 16.7. The van der Waals surface area contributed by atoms with Crippen LogP contribution < -0.4 is 15.2 Å². The van der Waals surface area contributed by atoms with Crippen LogP contribution in [-0.4, -0.2) is 37.7 Å². The molecule has 1 fully saturated rings. The monoisotopic (exact) mass is 318 g/mol. The van der Waals surface area contributed by atoms with Crippen LogP contribution in [0.2, 0.25) is 0 Å². The fourth-order valence-electron chi connectivity index (χ4n) is 3.00. The first-order valence-corrected chi connectivity index (χ1v) is 8.51. The first kappa shape index (κ1) is 17.8. The topological polar surface area (TPSA) is 47.7 Å². The quantitative estimate of drug-likeness (QED) is 0.783. The van der Waals surface area contributed by atoms with Crippen molar-refractivity contribution in [2.75, 3.05) is 26.8 Å². The number of nitrogens with two attached hydrogens (primary N) is 1. The minimum Gasteiger partial charge on any atom is -0.493 e. The van der Waals surface area contributed by atoms with E-state index < -0.39 is 0 Å². The van der Waals surface area contributed by atoms with Crippen LogP contribution >= 0.6 is 0 Å². The summed E-state index contributed by atoms with van der Waals surface area (Å²) in [5.74, 6) is 1.59. The van der Waals surface area contributed by atoms with E-state index in [9.17, 15) is 0 Å². The van der Waals surface area contributed by atoms with Gasteiger partial charge < -0.3 is 15.2 Å². The summed E-state index contributed by atoms with van der Waals surface area (Å²) in [6.07, 6.45) is 5.82. The van der Waals surface area contributed by atoms with Crippen molar-refractivity contribution in [1.29, 1.82) is 0 Å². The predicted molar refractivity (Wildman–Crippen MR) is 95.0 cm³/mol. The van der Waals surface area contributed by atoms with Gasteiger partial charge in [0.15, 0.2) is 11.5 Å². The Morgan fingerprint density at radius 3 is 2.83 bits per heavy atom. The number of likely N-dealkylation sites (tertiary alicyclic amines) is 1. The first-order chi connectivity index (χ1) is 11.1. The summed E-state index contributed by atoms with van der Waals surface area (Å²) in [5.41, 5.74) is 8.41. The Kier molecular flexibility index (Phi) is 6.93. The van der Waals surface area contributed by atoms with Gasteiger partial charge in [0.2, 0.25) is 0 Å². The fourth-order valence-corrected chi connectivity index (χ4v) is 3.00. The number of allylic oxidation sites excluding steroid dienone is 1. The summed E-state index contributed by atoms with van der Waals surface area (Å²) < 4.78 is 11.3. The molecule has 0 aromatic heterocycles. The summed E-state index contributed by atoms with van der Waals surface area (Å²) >= 11 is 0. The van der Waals surface area contributed by atoms with Gasteiger partial charge in [-0.25, -0.2) is 0 Å². The van der Waals surface area contributed by atoms with Gasteiger partial charge >= 0.3 is 0 Å². The minimum absolute atomic E-state index is 0.503. The van der Waals surface area contributed by atoms with Crippen LogP contribution in [0.4, 0.5) is 0 Å². The van der Waals surface area contributed by atoms with Crippen LogP contribution in [-0.2, 0) is 6.54 Å². The molecule has 1 heterocycles. The SMILES string of the molecule is COc1cc(CN2CCCC[C@@H]2CN)ccc1OCC=C(C)C. The molecule has 4 nitrogen and oxygen atoms in total. The molecule has 1 aromatic rings. The van der Waals surface area contributed by atoms with Crippen molar-refractivity contribution in [1.82, 2.24) is 4.90 Å². The van der Waals surface area contributed by atoms with Gasteiger partial charge in [0, 0.05) is 19.1 Å². The maximum absolute atomic E-state index is 5.91. The second kappa shape index (κ2) is 8.94. The number of hydrogen-bond acceptors (Lipinski definition) is 4. The molecule has 23 heavy (non-hydrogen) atoms. The van der Waals surface area contributed by atoms with Crippen molar-refractivity contribution in [3.63, 3.8) is 0 Å². The maximum Gasteiger partial charge on any atom is 0.161 e. The van der Waals surface area contributed by atoms with Crippen LogP contribution in [0.1, 0.15) is 38.7 Å². The molecule has 1 aromatic carbocycles. The highest BCUT2D eigenvalue weighted by Gasteiger charge is 2.21. The Hall–Kier alpha value is -1.52. The number of rotatable bonds is 7. The molecule has 0 aliphatic carbocycles. The largest absolute Gasteiger partial charge is 0.493 e. The highest BCUT2D eigenvalue weighted by atomic mass is 16.5. The van der Waals surface area contributed by atoms with Crippen molar-refractivity contribution in [2.45, 2.75) is 45.7 Å². The van der Waals surface area contributed by atoms with Crippen molar-refractivity contribution in [3.8, 4) is 11.5 Å². The Morgan fingerprint density at radius 2 is 2.13 bits per heavy atom. The Balaban J connectivity index is 2.04. The zero-order valence-electron chi connectivity index (χ0n) is 14.7. The fraction of sp³-hybridized carbons (Fsp3) is 0.579. The second-order valence-corrected chi connectivity index (χ2v) is 6.43. The molecule has 1 atom stereocenters. The van der Waals surface area contributed by atoms with Crippen LogP contribution in [0, 0.1) is 0 Å². The molecule has 0 radical (unpaired) electrons. The molecule has 0 spiro atoms. The van der Waals surface area contributed by atoms with Gasteiger partial charge in [-0.2, -0.15) is 0 Å². The molecule has 128 valence electrons. The summed E-state index contributed by atoms with van der Waals surface area (Å²) in [6, 6.07) is 6.72. The maximum atomic E-state index is 5.91. The number of benzene rings is 1. The summed E-state index contributed by atoms with van der Waals surface area (Å²) in [7, 11) is 1.69. The molecule has 2 N–H and O–H groups in total. The Labute approximate surface area is 140 Å². The van der Waals surface area contributed by atoms with E-state index in [1.807, 2.05) is 6.07 Å². The standard InChI is InChI=1S/C19H30N2O2/c1-15(2)9-11-23-18-8-7-16(12-19(18)22-3)14-21-10-5-4-6-17(21)13-20/h7-9,12,17H,4-6,10-11,13-14,20H2,1-3H3/t17-/m1/s1. The zero-order valence-corrected chi connectivity index (χ0v) is 14.7. The van der Waals surface area contributed by atoms with Gasteiger partial charge in [-0.15, -0.1) is 0 Å². The van der Waals surface area contributed by atoms with Crippen LogP contribution in [0.3, 0.4) is 0 Å². The Morgan fingerprint density at radius 1 is 1.30 bits per heavy atom. The third-order valence-electron chi connectivity index (χ3n) is 4.37. The van der Waals surface area contributed by atoms with Crippen LogP contribution in [0.5, 0.6) is 11.5 Å². The van der Waals surface area contributed by atoms with E-state index in [1.165, 1.54) is 30.4 Å². The van der Waals surface area contributed by atoms with Gasteiger partial charge in [0.25, 0.3) is 0 Å². The minimum atomic E-state index is 0.503. The molecule has 0 unspecified atom stereocenters. The summed E-state index contributed by atoms with van der Waals surface area (Å²) in [6.45, 7) is 7.49. The lowest BCUT2D eigenvalue weighted by molar-refractivity contribution is 0.144. The molecular weight excluding hydrogens is 288 g/mol. The van der Waals surface area contributed by atoms with E-state index in [2.05, 4.69) is 37.0 Å². The number of methoxy groups -OCH3 is 1. The van der Waals surface area contributed by atoms with Crippen molar-refractivity contribution < 1.29 is 9.47 Å². The van der Waals surface area contributed by atoms with E-state index >= 15 is 0 Å². The summed E-state index contributed by atoms with van der Waals surface area (Å²) in [4.78, 5) is 2.49. The van der Waals surface area contributed by atoms with E-state index in [0.717, 1.165) is 31.1 Å². The van der Waals surface area contributed by atoms with Crippen LogP contribution in [0.15, 0.2) is 29.8 Å².